The quantitative estimate of drug-likeness (QED) is 0.222. The zero-order chi connectivity index (χ0) is 25.9. The van der Waals surface area contributed by atoms with Gasteiger partial charge in [0, 0.05) is 33.7 Å². The van der Waals surface area contributed by atoms with Crippen LogP contribution < -0.4 is 5.32 Å². The van der Waals surface area contributed by atoms with Gasteiger partial charge in [-0.05, 0) is 77.7 Å². The molecule has 5 rings (SSSR count). The lowest BCUT2D eigenvalue weighted by atomic mass is 9.98. The van der Waals surface area contributed by atoms with Gasteiger partial charge in [-0.3, -0.25) is 4.79 Å². The molecule has 2 N–H and O–H groups in total. The number of nitrogens with zero attached hydrogens (tertiary/aromatic N) is 1. The first-order valence-electron chi connectivity index (χ1n) is 12.0. The molecule has 5 aromatic rings. The number of carbonyl (C=O) groups excluding carboxylic acids is 1. The largest absolute Gasteiger partial charge is 0.478 e. The first-order chi connectivity index (χ1) is 17.9. The number of carbonyl (C=O) groups is 2. The minimum Gasteiger partial charge on any atom is -0.478 e. The maximum Gasteiger partial charge on any atom is 0.335 e. The summed E-state index contributed by atoms with van der Waals surface area (Å²) in [6.07, 6.45) is 2.02. The molecule has 0 saturated heterocycles. The van der Waals surface area contributed by atoms with Crippen LogP contribution in [0.3, 0.4) is 0 Å². The maximum absolute atomic E-state index is 12.9. The van der Waals surface area contributed by atoms with E-state index < -0.39 is 5.97 Å². The van der Waals surface area contributed by atoms with Gasteiger partial charge in [0.1, 0.15) is 0 Å². The lowest BCUT2D eigenvalue weighted by Crippen LogP contribution is -2.26. The van der Waals surface area contributed by atoms with Gasteiger partial charge in [-0.1, -0.05) is 64.5 Å². The molecule has 37 heavy (non-hydrogen) atoms. The number of aromatic nitrogens is 1. The number of amides is 1. The fraction of sp³-hybridized carbons (Fsp3) is 0.0968. The van der Waals surface area contributed by atoms with Gasteiger partial charge >= 0.3 is 5.97 Å². The van der Waals surface area contributed by atoms with E-state index in [9.17, 15) is 14.7 Å². The smallest absolute Gasteiger partial charge is 0.335 e. The van der Waals surface area contributed by atoms with Crippen LogP contribution >= 0.6 is 15.9 Å². The van der Waals surface area contributed by atoms with Crippen molar-refractivity contribution in [3.63, 3.8) is 0 Å². The number of aromatic carboxylic acids is 1. The first-order valence-corrected chi connectivity index (χ1v) is 12.8. The van der Waals surface area contributed by atoms with Gasteiger partial charge in [-0.2, -0.15) is 0 Å². The Labute approximate surface area is 223 Å². The van der Waals surface area contributed by atoms with Crippen LogP contribution in [0.25, 0.3) is 22.0 Å². The van der Waals surface area contributed by atoms with Crippen LogP contribution in [0.1, 0.15) is 44.8 Å². The van der Waals surface area contributed by atoms with Crippen molar-refractivity contribution in [2.75, 3.05) is 0 Å². The Hall–Kier alpha value is -4.16. The third-order valence-electron chi connectivity index (χ3n) is 6.53. The third-order valence-corrected chi connectivity index (χ3v) is 7.06. The molecule has 0 bridgehead atoms. The highest BCUT2D eigenvalue weighted by Gasteiger charge is 2.14. The molecule has 0 unspecified atom stereocenters. The van der Waals surface area contributed by atoms with Crippen molar-refractivity contribution in [3.05, 3.63) is 130 Å². The minimum atomic E-state index is -0.943. The summed E-state index contributed by atoms with van der Waals surface area (Å²) in [4.78, 5) is 24.4. The van der Waals surface area contributed by atoms with Gasteiger partial charge in [-0.25, -0.2) is 4.79 Å². The predicted octanol–water partition coefficient (Wildman–Crippen LogP) is 7.31. The summed E-state index contributed by atoms with van der Waals surface area (Å²) in [7, 11) is 0. The zero-order valence-electron chi connectivity index (χ0n) is 20.2. The zero-order valence-corrected chi connectivity index (χ0v) is 21.8. The summed E-state index contributed by atoms with van der Waals surface area (Å²) >= 11 is 3.44. The van der Waals surface area contributed by atoms with Crippen LogP contribution in [0, 0.1) is 0 Å². The van der Waals surface area contributed by atoms with Gasteiger partial charge in [0.25, 0.3) is 5.91 Å². The van der Waals surface area contributed by atoms with Crippen molar-refractivity contribution in [3.8, 4) is 11.1 Å². The first kappa shape index (κ1) is 24.5. The van der Waals surface area contributed by atoms with Crippen molar-refractivity contribution in [1.82, 2.24) is 9.88 Å². The molecule has 1 aromatic heterocycles. The second kappa shape index (κ2) is 10.4. The summed E-state index contributed by atoms with van der Waals surface area (Å²) in [5.74, 6) is -1.06. The molecule has 0 fully saturated rings. The van der Waals surface area contributed by atoms with E-state index in [2.05, 4.69) is 31.9 Å². The second-order valence-electron chi connectivity index (χ2n) is 9.01. The topological polar surface area (TPSA) is 71.3 Å². The lowest BCUT2D eigenvalue weighted by molar-refractivity contribution is 0.0696. The number of carboxylic acid groups (broad SMARTS) is 1. The van der Waals surface area contributed by atoms with E-state index in [0.717, 1.165) is 37.6 Å². The Bertz CT molecular complexity index is 1600. The molecule has 6 heteroatoms. The van der Waals surface area contributed by atoms with Gasteiger partial charge in [0.2, 0.25) is 0 Å². The van der Waals surface area contributed by atoms with Gasteiger partial charge in [0.15, 0.2) is 0 Å². The molecule has 0 radical (unpaired) electrons. The number of rotatable bonds is 7. The van der Waals surface area contributed by atoms with Crippen molar-refractivity contribution < 1.29 is 14.7 Å². The molecule has 1 atom stereocenters. The SMILES string of the molecule is C[C@H](NC(=O)c1ccc2c(ccn2Cc2ccccc2-c2cccc(C(=O)O)c2)c1)c1ccc(Br)cc1. The molecule has 184 valence electrons. The monoisotopic (exact) mass is 552 g/mol. The van der Waals surface area contributed by atoms with Crippen molar-refractivity contribution >= 4 is 38.7 Å². The molecular formula is C31H25BrN2O3. The Morgan fingerprint density at radius 1 is 0.892 bits per heavy atom. The number of fused-ring (bicyclic) bond motifs is 1. The van der Waals surface area contributed by atoms with Crippen LogP contribution in [0.15, 0.2) is 108 Å². The average Bonchev–Trinajstić information content (AvgIpc) is 3.31. The van der Waals surface area contributed by atoms with E-state index in [1.807, 2.05) is 85.9 Å². The molecule has 0 spiro atoms. The molecular weight excluding hydrogens is 528 g/mol. The van der Waals surface area contributed by atoms with Crippen molar-refractivity contribution in [1.29, 1.82) is 0 Å². The Morgan fingerprint density at radius 2 is 1.68 bits per heavy atom. The Balaban J connectivity index is 1.38. The second-order valence-corrected chi connectivity index (χ2v) is 9.92. The van der Waals surface area contributed by atoms with Crippen LogP contribution in [0.5, 0.6) is 0 Å². The third kappa shape index (κ3) is 5.34. The summed E-state index contributed by atoms with van der Waals surface area (Å²) in [6, 6.07) is 30.6. The number of hydrogen-bond donors (Lipinski definition) is 2. The lowest BCUT2D eigenvalue weighted by Gasteiger charge is -2.15. The van der Waals surface area contributed by atoms with E-state index >= 15 is 0 Å². The summed E-state index contributed by atoms with van der Waals surface area (Å²) in [5.41, 5.74) is 5.87. The number of nitrogens with one attached hydrogen (secondary N) is 1. The van der Waals surface area contributed by atoms with Gasteiger partial charge in [0.05, 0.1) is 11.6 Å². The molecule has 0 aliphatic carbocycles. The Morgan fingerprint density at radius 3 is 2.46 bits per heavy atom. The molecule has 5 nitrogen and oxygen atoms in total. The van der Waals surface area contributed by atoms with Crippen molar-refractivity contribution in [2.45, 2.75) is 19.5 Å². The summed E-state index contributed by atoms with van der Waals surface area (Å²) in [5, 5.41) is 13.5. The standard InChI is InChI=1S/C31H25BrN2O3/c1-20(21-9-12-27(32)13-10-21)33-30(35)24-11-14-29-23(18-24)15-16-34(29)19-26-5-2-3-8-28(26)22-6-4-7-25(17-22)31(36)37/h2-18,20H,19H2,1H3,(H,33,35)(H,36,37)/t20-/m0/s1. The van der Waals surface area contributed by atoms with Gasteiger partial charge < -0.3 is 15.0 Å². The van der Waals surface area contributed by atoms with E-state index in [4.69, 9.17) is 0 Å². The number of halogens is 1. The fourth-order valence-corrected chi connectivity index (χ4v) is 4.80. The van der Waals surface area contributed by atoms with E-state index in [0.29, 0.717) is 12.1 Å². The van der Waals surface area contributed by atoms with Crippen LogP contribution in [0.4, 0.5) is 0 Å². The fourth-order valence-electron chi connectivity index (χ4n) is 4.54. The average molecular weight is 553 g/mol. The maximum atomic E-state index is 12.9. The highest BCUT2D eigenvalue weighted by atomic mass is 79.9. The van der Waals surface area contributed by atoms with Crippen LogP contribution in [0.2, 0.25) is 0 Å². The number of benzene rings is 4. The van der Waals surface area contributed by atoms with E-state index in [1.54, 1.807) is 18.2 Å². The Kier molecular flexibility index (Phi) is 6.93. The molecule has 0 saturated carbocycles. The molecule has 0 aliphatic heterocycles. The number of hydrogen-bond acceptors (Lipinski definition) is 2. The summed E-state index contributed by atoms with van der Waals surface area (Å²) < 4.78 is 3.14. The van der Waals surface area contributed by atoms with E-state index in [-0.39, 0.29) is 17.5 Å². The van der Waals surface area contributed by atoms with Crippen LogP contribution in [-0.4, -0.2) is 21.6 Å². The minimum absolute atomic E-state index is 0.114. The summed E-state index contributed by atoms with van der Waals surface area (Å²) in [6.45, 7) is 2.59. The van der Waals surface area contributed by atoms with E-state index in [1.165, 1.54) is 0 Å². The molecule has 1 heterocycles. The highest BCUT2D eigenvalue weighted by molar-refractivity contribution is 9.10. The normalized spacial score (nSPS) is 11.8. The molecule has 1 amide bonds. The number of carboxylic acids is 1. The van der Waals surface area contributed by atoms with Crippen molar-refractivity contribution in [2.24, 2.45) is 0 Å². The van der Waals surface area contributed by atoms with Gasteiger partial charge in [-0.15, -0.1) is 0 Å². The molecule has 0 aliphatic rings. The van der Waals surface area contributed by atoms with Crippen LogP contribution in [-0.2, 0) is 6.54 Å². The highest BCUT2D eigenvalue weighted by Crippen LogP contribution is 2.27. The molecule has 4 aromatic carbocycles. The predicted molar refractivity (Wildman–Crippen MR) is 150 cm³/mol.